The van der Waals surface area contributed by atoms with Gasteiger partial charge in [0.25, 0.3) is 0 Å². The quantitative estimate of drug-likeness (QED) is 0.773. The smallest absolute Gasteiger partial charge is 0.397 e. The van der Waals surface area contributed by atoms with Crippen LogP contribution in [0.3, 0.4) is 0 Å². The normalized spacial score (nSPS) is 16.8. The molecule has 1 aromatic carbocycles. The van der Waals surface area contributed by atoms with E-state index in [4.69, 9.17) is 9.47 Å². The number of hydrogen-bond donors (Lipinski definition) is 0. The SMILES string of the molecule is COc1cc(C=O)ccc1OCC1(C(F)(F)F)CC1. The van der Waals surface area contributed by atoms with Gasteiger partial charge in [-0.3, -0.25) is 4.79 Å². The topological polar surface area (TPSA) is 35.5 Å². The van der Waals surface area contributed by atoms with Crippen LogP contribution in [0.25, 0.3) is 0 Å². The third-order valence-corrected chi connectivity index (χ3v) is 3.28. The standard InChI is InChI=1S/C13H13F3O3/c1-18-11-6-9(7-17)2-3-10(11)19-8-12(4-5-12)13(14,15)16/h2-3,6-7H,4-5,8H2,1H3. The molecule has 0 saturated heterocycles. The van der Waals surface area contributed by atoms with Crippen molar-refractivity contribution in [3.8, 4) is 11.5 Å². The Morgan fingerprint density at radius 3 is 2.47 bits per heavy atom. The molecule has 2 rings (SSSR count). The van der Waals surface area contributed by atoms with Crippen LogP contribution in [0.15, 0.2) is 18.2 Å². The Kier molecular flexibility index (Phi) is 3.43. The molecule has 1 fully saturated rings. The number of hydrogen-bond acceptors (Lipinski definition) is 3. The van der Waals surface area contributed by atoms with Crippen LogP contribution in [0.5, 0.6) is 11.5 Å². The van der Waals surface area contributed by atoms with Crippen molar-refractivity contribution in [2.75, 3.05) is 13.7 Å². The molecule has 0 aliphatic heterocycles. The van der Waals surface area contributed by atoms with E-state index in [1.165, 1.54) is 25.3 Å². The van der Waals surface area contributed by atoms with E-state index in [2.05, 4.69) is 0 Å². The first-order valence-electron chi connectivity index (χ1n) is 5.75. The zero-order valence-electron chi connectivity index (χ0n) is 10.3. The van der Waals surface area contributed by atoms with Crippen molar-refractivity contribution in [2.45, 2.75) is 19.0 Å². The Hall–Kier alpha value is -1.72. The maximum Gasteiger partial charge on any atom is 0.397 e. The summed E-state index contributed by atoms with van der Waals surface area (Å²) < 4.78 is 48.4. The lowest BCUT2D eigenvalue weighted by atomic mass is 10.1. The van der Waals surface area contributed by atoms with E-state index < -0.39 is 18.2 Å². The summed E-state index contributed by atoms with van der Waals surface area (Å²) in [6, 6.07) is 4.34. The molecule has 0 heterocycles. The highest BCUT2D eigenvalue weighted by Gasteiger charge is 2.63. The summed E-state index contributed by atoms with van der Waals surface area (Å²) in [7, 11) is 1.37. The van der Waals surface area contributed by atoms with Gasteiger partial charge in [-0.05, 0) is 31.0 Å². The monoisotopic (exact) mass is 274 g/mol. The van der Waals surface area contributed by atoms with Gasteiger partial charge in [0.05, 0.1) is 7.11 Å². The fourth-order valence-corrected chi connectivity index (χ4v) is 1.75. The second kappa shape index (κ2) is 4.75. The lowest BCUT2D eigenvalue weighted by Gasteiger charge is -2.20. The summed E-state index contributed by atoms with van der Waals surface area (Å²) in [6.07, 6.45) is -3.44. The molecule has 0 unspecified atom stereocenters. The van der Waals surface area contributed by atoms with Gasteiger partial charge < -0.3 is 9.47 Å². The number of aldehydes is 1. The Balaban J connectivity index is 2.10. The minimum Gasteiger partial charge on any atom is -0.493 e. The first-order chi connectivity index (χ1) is 8.92. The van der Waals surface area contributed by atoms with Crippen molar-refractivity contribution in [3.63, 3.8) is 0 Å². The molecule has 1 aliphatic carbocycles. The number of ether oxygens (including phenoxy) is 2. The van der Waals surface area contributed by atoms with Gasteiger partial charge in [-0.25, -0.2) is 0 Å². The van der Waals surface area contributed by atoms with Gasteiger partial charge in [0.1, 0.15) is 18.3 Å². The highest BCUT2D eigenvalue weighted by Crippen LogP contribution is 2.57. The van der Waals surface area contributed by atoms with Crippen LogP contribution in [0.4, 0.5) is 13.2 Å². The average Bonchev–Trinajstić information content (AvgIpc) is 3.16. The Labute approximate surface area is 108 Å². The van der Waals surface area contributed by atoms with E-state index in [1.54, 1.807) is 0 Å². The van der Waals surface area contributed by atoms with Gasteiger partial charge >= 0.3 is 6.18 Å². The van der Waals surface area contributed by atoms with Crippen molar-refractivity contribution >= 4 is 6.29 Å². The number of carbonyl (C=O) groups excluding carboxylic acids is 1. The summed E-state index contributed by atoms with van der Waals surface area (Å²) in [6.45, 7) is -0.423. The van der Waals surface area contributed by atoms with E-state index in [1.807, 2.05) is 0 Å². The summed E-state index contributed by atoms with van der Waals surface area (Å²) in [5, 5.41) is 0. The van der Waals surface area contributed by atoms with Gasteiger partial charge in [0.2, 0.25) is 0 Å². The zero-order chi connectivity index (χ0) is 14.1. The van der Waals surface area contributed by atoms with E-state index in [0.29, 0.717) is 11.8 Å². The maximum atomic E-state index is 12.7. The molecule has 1 aromatic rings. The van der Waals surface area contributed by atoms with Crippen molar-refractivity contribution in [1.29, 1.82) is 0 Å². The second-order valence-electron chi connectivity index (χ2n) is 4.59. The molecule has 104 valence electrons. The second-order valence-corrected chi connectivity index (χ2v) is 4.59. The lowest BCUT2D eigenvalue weighted by Crippen LogP contribution is -2.30. The summed E-state index contributed by atoms with van der Waals surface area (Å²) in [4.78, 5) is 10.6. The predicted molar refractivity (Wildman–Crippen MR) is 61.6 cm³/mol. The summed E-state index contributed by atoms with van der Waals surface area (Å²) in [5.74, 6) is 0.464. The van der Waals surface area contributed by atoms with Crippen LogP contribution in [0, 0.1) is 5.41 Å². The molecular weight excluding hydrogens is 261 g/mol. The van der Waals surface area contributed by atoms with E-state index >= 15 is 0 Å². The molecule has 0 aromatic heterocycles. The van der Waals surface area contributed by atoms with Crippen molar-refractivity contribution in [1.82, 2.24) is 0 Å². The predicted octanol–water partition coefficient (Wildman–Crippen LogP) is 3.23. The number of carbonyl (C=O) groups is 1. The van der Waals surface area contributed by atoms with Gasteiger partial charge in [-0.1, -0.05) is 0 Å². The van der Waals surface area contributed by atoms with Crippen molar-refractivity contribution in [3.05, 3.63) is 23.8 Å². The third kappa shape index (κ3) is 2.67. The van der Waals surface area contributed by atoms with Gasteiger partial charge in [0.15, 0.2) is 11.5 Å². The van der Waals surface area contributed by atoms with Gasteiger partial charge in [-0.15, -0.1) is 0 Å². The largest absolute Gasteiger partial charge is 0.493 e. The summed E-state index contributed by atoms with van der Waals surface area (Å²) in [5.41, 5.74) is -1.34. The molecule has 1 saturated carbocycles. The van der Waals surface area contributed by atoms with Gasteiger partial charge in [0, 0.05) is 5.56 Å². The van der Waals surface area contributed by atoms with Crippen LogP contribution in [0.1, 0.15) is 23.2 Å². The minimum absolute atomic E-state index is 0.0885. The molecule has 0 bridgehead atoms. The molecule has 6 heteroatoms. The zero-order valence-corrected chi connectivity index (χ0v) is 10.3. The minimum atomic E-state index is -4.25. The summed E-state index contributed by atoms with van der Waals surface area (Å²) >= 11 is 0. The van der Waals surface area contributed by atoms with E-state index in [9.17, 15) is 18.0 Å². The highest BCUT2D eigenvalue weighted by atomic mass is 19.4. The van der Waals surface area contributed by atoms with Crippen LogP contribution in [0.2, 0.25) is 0 Å². The number of benzene rings is 1. The van der Waals surface area contributed by atoms with Crippen LogP contribution >= 0.6 is 0 Å². The van der Waals surface area contributed by atoms with Crippen LogP contribution < -0.4 is 9.47 Å². The van der Waals surface area contributed by atoms with Crippen LogP contribution in [-0.4, -0.2) is 26.2 Å². The number of halogens is 3. The molecule has 3 nitrogen and oxygen atoms in total. The molecule has 0 atom stereocenters. The third-order valence-electron chi connectivity index (χ3n) is 3.28. The molecule has 1 aliphatic rings. The van der Waals surface area contributed by atoms with Crippen molar-refractivity contribution in [2.24, 2.45) is 5.41 Å². The molecule has 0 spiro atoms. The van der Waals surface area contributed by atoms with Gasteiger partial charge in [-0.2, -0.15) is 13.2 Å². The fourth-order valence-electron chi connectivity index (χ4n) is 1.75. The molecular formula is C13H13F3O3. The Morgan fingerprint density at radius 1 is 1.32 bits per heavy atom. The average molecular weight is 274 g/mol. The molecule has 0 radical (unpaired) electrons. The Bertz CT molecular complexity index is 479. The number of alkyl halides is 3. The molecule has 19 heavy (non-hydrogen) atoms. The van der Waals surface area contributed by atoms with E-state index in [-0.39, 0.29) is 24.3 Å². The van der Waals surface area contributed by atoms with Crippen molar-refractivity contribution < 1.29 is 27.4 Å². The number of rotatable bonds is 5. The lowest BCUT2D eigenvalue weighted by molar-refractivity contribution is -0.194. The Morgan fingerprint density at radius 2 is 2.00 bits per heavy atom. The molecule has 0 amide bonds. The first-order valence-corrected chi connectivity index (χ1v) is 5.75. The highest BCUT2D eigenvalue weighted by molar-refractivity contribution is 5.76. The fraction of sp³-hybridized carbons (Fsp3) is 0.462. The molecule has 0 N–H and O–H groups in total. The number of methoxy groups -OCH3 is 1. The van der Waals surface area contributed by atoms with E-state index in [0.717, 1.165) is 0 Å². The first kappa shape index (κ1) is 13.7. The maximum absolute atomic E-state index is 12.7. The van der Waals surface area contributed by atoms with Crippen LogP contribution in [-0.2, 0) is 0 Å².